The maximum Gasteiger partial charge on any atom is 0.416 e. The molecule has 1 fully saturated rings. The number of carboxylic acids is 1. The molecule has 0 saturated carbocycles. The van der Waals surface area contributed by atoms with E-state index in [1.54, 1.807) is 29.2 Å². The van der Waals surface area contributed by atoms with Gasteiger partial charge in [-0.25, -0.2) is 4.79 Å². The molecule has 2 N–H and O–H groups in total. The highest BCUT2D eigenvalue weighted by atomic mass is 19.4. The number of alkyl halides is 3. The molecule has 1 aliphatic rings. The molecule has 1 saturated heterocycles. The summed E-state index contributed by atoms with van der Waals surface area (Å²) < 4.78 is 38.7. The number of amides is 1. The first-order valence-corrected chi connectivity index (χ1v) is 10.8. The molecular weight excluding hydrogens is 435 g/mol. The van der Waals surface area contributed by atoms with Gasteiger partial charge in [-0.05, 0) is 48.6 Å². The van der Waals surface area contributed by atoms with E-state index in [2.05, 4.69) is 0 Å². The summed E-state index contributed by atoms with van der Waals surface area (Å²) >= 11 is 0. The fourth-order valence-corrected chi connectivity index (χ4v) is 3.94. The lowest BCUT2D eigenvalue weighted by Crippen LogP contribution is -2.43. The van der Waals surface area contributed by atoms with E-state index in [1.807, 2.05) is 0 Å². The van der Waals surface area contributed by atoms with Crippen molar-refractivity contribution in [2.24, 2.45) is 0 Å². The summed E-state index contributed by atoms with van der Waals surface area (Å²) in [5, 5.41) is 19.3. The molecule has 0 aromatic heterocycles. The SMILES string of the molecule is O=C(O)c1ccc(CCN2C(=O)CCCC2C=CC(O)Cc2cccc(C(F)(F)F)c2)cc1. The smallest absolute Gasteiger partial charge is 0.416 e. The van der Waals surface area contributed by atoms with Crippen LogP contribution in [0.5, 0.6) is 0 Å². The minimum Gasteiger partial charge on any atom is -0.478 e. The topological polar surface area (TPSA) is 77.8 Å². The zero-order valence-corrected chi connectivity index (χ0v) is 18.0. The Morgan fingerprint density at radius 3 is 2.55 bits per heavy atom. The number of carbonyl (C=O) groups is 2. The predicted octanol–water partition coefficient (Wildman–Crippen LogP) is 4.49. The van der Waals surface area contributed by atoms with Gasteiger partial charge in [0, 0.05) is 19.4 Å². The average Bonchev–Trinajstić information content (AvgIpc) is 2.77. The Kier molecular flexibility index (Phi) is 7.92. The third-order valence-corrected chi connectivity index (χ3v) is 5.71. The second-order valence-corrected chi connectivity index (χ2v) is 8.15. The van der Waals surface area contributed by atoms with E-state index in [-0.39, 0.29) is 23.9 Å². The summed E-state index contributed by atoms with van der Waals surface area (Å²) in [6, 6.07) is 11.2. The number of benzene rings is 2. The van der Waals surface area contributed by atoms with E-state index in [0.717, 1.165) is 30.5 Å². The molecular formula is C25H26F3NO4. The molecule has 176 valence electrons. The zero-order valence-electron chi connectivity index (χ0n) is 18.0. The molecule has 3 rings (SSSR count). The second kappa shape index (κ2) is 10.7. The standard InChI is InChI=1S/C25H26F3NO4/c26-25(27,28)20-4-1-3-18(15-20)16-22(30)12-11-21-5-2-6-23(31)29(21)14-13-17-7-9-19(10-8-17)24(32)33/h1,3-4,7-12,15,21-22,30H,2,5-6,13-14,16H2,(H,32,33). The van der Waals surface area contributed by atoms with Crippen LogP contribution >= 0.6 is 0 Å². The number of aliphatic hydroxyl groups excluding tert-OH is 1. The van der Waals surface area contributed by atoms with Crippen LogP contribution < -0.4 is 0 Å². The normalized spacial score (nSPS) is 18.0. The Bertz CT molecular complexity index is 1000. The number of halogens is 3. The third kappa shape index (κ3) is 6.92. The van der Waals surface area contributed by atoms with Crippen LogP contribution in [0.2, 0.25) is 0 Å². The van der Waals surface area contributed by atoms with Crippen molar-refractivity contribution < 1.29 is 33.0 Å². The Balaban J connectivity index is 1.61. The highest BCUT2D eigenvalue weighted by Crippen LogP contribution is 2.30. The summed E-state index contributed by atoms with van der Waals surface area (Å²) in [7, 11) is 0. The molecule has 0 spiro atoms. The highest BCUT2D eigenvalue weighted by molar-refractivity contribution is 5.87. The number of nitrogens with zero attached hydrogens (tertiary/aromatic N) is 1. The number of carboxylic acid groups (broad SMARTS) is 1. The van der Waals surface area contributed by atoms with E-state index in [9.17, 15) is 27.9 Å². The summed E-state index contributed by atoms with van der Waals surface area (Å²) in [6.45, 7) is 0.448. The van der Waals surface area contributed by atoms with Gasteiger partial charge in [0.05, 0.1) is 23.3 Å². The fraction of sp³-hybridized carbons (Fsp3) is 0.360. The van der Waals surface area contributed by atoms with Crippen molar-refractivity contribution in [3.8, 4) is 0 Å². The summed E-state index contributed by atoms with van der Waals surface area (Å²) in [5.74, 6) is -0.993. The maximum atomic E-state index is 12.9. The average molecular weight is 461 g/mol. The van der Waals surface area contributed by atoms with Crippen molar-refractivity contribution in [2.45, 2.75) is 50.4 Å². The Morgan fingerprint density at radius 1 is 1.15 bits per heavy atom. The zero-order chi connectivity index (χ0) is 24.0. The number of hydrogen-bond acceptors (Lipinski definition) is 3. The van der Waals surface area contributed by atoms with E-state index >= 15 is 0 Å². The Labute approximate surface area is 190 Å². The molecule has 0 aliphatic carbocycles. The Hall–Kier alpha value is -3.13. The summed E-state index contributed by atoms with van der Waals surface area (Å²) in [4.78, 5) is 25.2. The number of rotatable bonds is 8. The van der Waals surface area contributed by atoms with Crippen LogP contribution in [0.4, 0.5) is 13.2 Å². The van der Waals surface area contributed by atoms with Crippen LogP contribution in [0.1, 0.15) is 46.3 Å². The molecule has 2 aromatic carbocycles. The van der Waals surface area contributed by atoms with Gasteiger partial charge in [0.15, 0.2) is 0 Å². The summed E-state index contributed by atoms with van der Waals surface area (Å²) in [6.07, 6.45) is 0.373. The molecule has 1 heterocycles. The number of carbonyl (C=O) groups excluding carboxylic acids is 1. The van der Waals surface area contributed by atoms with Gasteiger partial charge in [0.25, 0.3) is 0 Å². The van der Waals surface area contributed by atoms with Gasteiger partial charge < -0.3 is 15.1 Å². The molecule has 2 atom stereocenters. The second-order valence-electron chi connectivity index (χ2n) is 8.15. The van der Waals surface area contributed by atoms with Crippen LogP contribution in [0, 0.1) is 0 Å². The van der Waals surface area contributed by atoms with Crippen molar-refractivity contribution in [3.05, 3.63) is 82.9 Å². The van der Waals surface area contributed by atoms with Gasteiger partial charge in [-0.2, -0.15) is 13.2 Å². The van der Waals surface area contributed by atoms with Gasteiger partial charge in [-0.1, -0.05) is 42.5 Å². The summed E-state index contributed by atoms with van der Waals surface area (Å²) in [5.41, 5.74) is 0.731. The van der Waals surface area contributed by atoms with Crippen molar-refractivity contribution in [2.75, 3.05) is 6.54 Å². The van der Waals surface area contributed by atoms with Crippen molar-refractivity contribution >= 4 is 11.9 Å². The third-order valence-electron chi connectivity index (χ3n) is 5.71. The van der Waals surface area contributed by atoms with Crippen molar-refractivity contribution in [1.82, 2.24) is 4.90 Å². The molecule has 8 heteroatoms. The van der Waals surface area contributed by atoms with E-state index in [1.165, 1.54) is 24.3 Å². The number of likely N-dealkylation sites (tertiary alicyclic amines) is 1. The van der Waals surface area contributed by atoms with Gasteiger partial charge in [0.2, 0.25) is 5.91 Å². The molecule has 5 nitrogen and oxygen atoms in total. The van der Waals surface area contributed by atoms with Gasteiger partial charge in [-0.15, -0.1) is 0 Å². The maximum absolute atomic E-state index is 12.9. The van der Waals surface area contributed by atoms with Crippen LogP contribution in [-0.2, 0) is 23.8 Å². The minimum absolute atomic E-state index is 0.00502. The quantitative estimate of drug-likeness (QED) is 0.568. The largest absolute Gasteiger partial charge is 0.478 e. The lowest BCUT2D eigenvalue weighted by Gasteiger charge is -2.34. The van der Waals surface area contributed by atoms with Gasteiger partial charge in [0.1, 0.15) is 0 Å². The lowest BCUT2D eigenvalue weighted by atomic mass is 9.98. The molecule has 33 heavy (non-hydrogen) atoms. The first-order chi connectivity index (χ1) is 15.6. The van der Waals surface area contributed by atoms with Gasteiger partial charge >= 0.3 is 12.1 Å². The number of aromatic carboxylic acids is 1. The van der Waals surface area contributed by atoms with E-state index in [4.69, 9.17) is 5.11 Å². The van der Waals surface area contributed by atoms with E-state index < -0.39 is 23.8 Å². The van der Waals surface area contributed by atoms with Crippen LogP contribution in [0.25, 0.3) is 0 Å². The van der Waals surface area contributed by atoms with Crippen molar-refractivity contribution in [1.29, 1.82) is 0 Å². The first kappa shape index (κ1) is 24.5. The number of aliphatic hydroxyl groups is 1. The van der Waals surface area contributed by atoms with Crippen LogP contribution in [-0.4, -0.2) is 45.7 Å². The van der Waals surface area contributed by atoms with Gasteiger partial charge in [-0.3, -0.25) is 4.79 Å². The highest BCUT2D eigenvalue weighted by Gasteiger charge is 2.30. The molecule has 2 unspecified atom stereocenters. The fourth-order valence-electron chi connectivity index (χ4n) is 3.94. The number of piperidine rings is 1. The van der Waals surface area contributed by atoms with Crippen molar-refractivity contribution in [3.63, 3.8) is 0 Å². The lowest BCUT2D eigenvalue weighted by molar-refractivity contribution is -0.137. The van der Waals surface area contributed by atoms with Crippen LogP contribution in [0.3, 0.4) is 0 Å². The molecule has 1 aliphatic heterocycles. The molecule has 2 aromatic rings. The van der Waals surface area contributed by atoms with Crippen LogP contribution in [0.15, 0.2) is 60.7 Å². The Morgan fingerprint density at radius 2 is 1.88 bits per heavy atom. The molecule has 1 amide bonds. The molecule has 0 bridgehead atoms. The first-order valence-electron chi connectivity index (χ1n) is 10.8. The monoisotopic (exact) mass is 461 g/mol. The minimum atomic E-state index is -4.44. The van der Waals surface area contributed by atoms with E-state index in [0.29, 0.717) is 24.9 Å². The number of hydrogen-bond donors (Lipinski definition) is 2. The predicted molar refractivity (Wildman–Crippen MR) is 117 cm³/mol. The molecule has 0 radical (unpaired) electrons.